The molecule has 1 saturated carbocycles. The molecule has 1 aliphatic rings. The zero-order valence-corrected chi connectivity index (χ0v) is 12.8. The molecule has 0 aromatic heterocycles. The molecule has 1 aliphatic carbocycles. The van der Waals surface area contributed by atoms with Crippen LogP contribution in [0, 0.1) is 11.2 Å². The maximum absolute atomic E-state index is 13.1. The van der Waals surface area contributed by atoms with E-state index in [2.05, 4.69) is 31.8 Å². The number of thiol groups is 1. The topological polar surface area (TPSA) is 38.3 Å². The van der Waals surface area contributed by atoms with Gasteiger partial charge in [0.25, 0.3) is 5.91 Å². The first kappa shape index (κ1) is 15.3. The van der Waals surface area contributed by atoms with E-state index in [0.717, 1.165) is 6.42 Å². The molecule has 20 heavy (non-hydrogen) atoms. The van der Waals surface area contributed by atoms with Crippen LogP contribution in [-0.4, -0.2) is 24.7 Å². The van der Waals surface area contributed by atoms with Crippen LogP contribution >= 0.6 is 12.6 Å². The van der Waals surface area contributed by atoms with Crippen LogP contribution in [0.15, 0.2) is 23.1 Å². The monoisotopic (exact) mass is 297 g/mol. The molecule has 2 atom stereocenters. The summed E-state index contributed by atoms with van der Waals surface area (Å²) >= 11 is 3.99. The minimum absolute atomic E-state index is 0.0694. The van der Waals surface area contributed by atoms with Gasteiger partial charge in [0.15, 0.2) is 0 Å². The molecular weight excluding hydrogens is 277 g/mol. The molecule has 3 nitrogen and oxygen atoms in total. The molecule has 2 rings (SSSR count). The highest BCUT2D eigenvalue weighted by atomic mass is 32.1. The van der Waals surface area contributed by atoms with Gasteiger partial charge in [0, 0.05) is 28.5 Å². The van der Waals surface area contributed by atoms with Crippen molar-refractivity contribution in [3.63, 3.8) is 0 Å². The number of hydrogen-bond acceptors (Lipinski definition) is 3. The summed E-state index contributed by atoms with van der Waals surface area (Å²) in [6.45, 7) is 6.80. The van der Waals surface area contributed by atoms with E-state index in [4.69, 9.17) is 4.74 Å². The second kappa shape index (κ2) is 5.74. The molecule has 0 bridgehead atoms. The molecule has 0 spiro atoms. The van der Waals surface area contributed by atoms with Crippen molar-refractivity contribution in [1.82, 2.24) is 5.32 Å². The molecule has 0 aliphatic heterocycles. The third-order valence-electron chi connectivity index (χ3n) is 4.06. The van der Waals surface area contributed by atoms with Crippen LogP contribution in [0.5, 0.6) is 0 Å². The van der Waals surface area contributed by atoms with Crippen molar-refractivity contribution >= 4 is 18.5 Å². The molecular formula is C15H20FNO2S. The van der Waals surface area contributed by atoms with Crippen LogP contribution in [0.2, 0.25) is 0 Å². The van der Waals surface area contributed by atoms with Crippen LogP contribution in [0.4, 0.5) is 4.39 Å². The molecule has 1 aromatic rings. The Kier molecular flexibility index (Phi) is 4.39. The summed E-state index contributed by atoms with van der Waals surface area (Å²) in [6, 6.07) is 4.24. The standard InChI is InChI=1S/C15H20FNO2S/c1-4-19-13-8-12(15(13,2)3)17-14(18)9-5-6-10(16)11(20)7-9/h5-7,12-13,20H,4,8H2,1-3H3,(H,17,18). The number of rotatable bonds is 4. The SMILES string of the molecule is CCOC1CC(NC(=O)c2ccc(F)c(S)c2)C1(C)C. The van der Waals surface area contributed by atoms with Crippen molar-refractivity contribution in [3.05, 3.63) is 29.6 Å². The van der Waals surface area contributed by atoms with E-state index in [1.54, 1.807) is 0 Å². The lowest BCUT2D eigenvalue weighted by Crippen LogP contribution is -2.62. The number of halogens is 1. The summed E-state index contributed by atoms with van der Waals surface area (Å²) in [5, 5.41) is 2.98. The Hall–Kier alpha value is -1.07. The lowest BCUT2D eigenvalue weighted by Gasteiger charge is -2.51. The molecule has 2 unspecified atom stereocenters. The summed E-state index contributed by atoms with van der Waals surface area (Å²) in [6.07, 6.45) is 0.980. The molecule has 1 aromatic carbocycles. The van der Waals surface area contributed by atoms with Crippen molar-refractivity contribution in [3.8, 4) is 0 Å². The van der Waals surface area contributed by atoms with Gasteiger partial charge >= 0.3 is 0 Å². The second-order valence-corrected chi connectivity index (χ2v) is 6.18. The average Bonchev–Trinajstić information content (AvgIpc) is 2.40. The predicted molar refractivity (Wildman–Crippen MR) is 78.7 cm³/mol. The zero-order valence-electron chi connectivity index (χ0n) is 11.9. The van der Waals surface area contributed by atoms with Gasteiger partial charge in [-0.3, -0.25) is 4.79 Å². The lowest BCUT2D eigenvalue weighted by molar-refractivity contribution is -0.111. The minimum Gasteiger partial charge on any atom is -0.378 e. The highest BCUT2D eigenvalue weighted by Gasteiger charge is 2.49. The van der Waals surface area contributed by atoms with E-state index in [1.807, 2.05) is 6.92 Å². The van der Waals surface area contributed by atoms with Crippen LogP contribution < -0.4 is 5.32 Å². The number of amides is 1. The zero-order chi connectivity index (χ0) is 14.9. The van der Waals surface area contributed by atoms with Crippen molar-refractivity contribution in [2.75, 3.05) is 6.61 Å². The fourth-order valence-corrected chi connectivity index (χ4v) is 2.72. The van der Waals surface area contributed by atoms with Gasteiger partial charge in [0.2, 0.25) is 0 Å². The number of nitrogens with one attached hydrogen (secondary N) is 1. The van der Waals surface area contributed by atoms with E-state index < -0.39 is 5.82 Å². The molecule has 0 radical (unpaired) electrons. The Morgan fingerprint density at radius 2 is 2.25 bits per heavy atom. The lowest BCUT2D eigenvalue weighted by atomic mass is 9.64. The highest BCUT2D eigenvalue weighted by Crippen LogP contribution is 2.42. The highest BCUT2D eigenvalue weighted by molar-refractivity contribution is 7.80. The summed E-state index contributed by atoms with van der Waals surface area (Å²) in [7, 11) is 0. The quantitative estimate of drug-likeness (QED) is 0.838. The van der Waals surface area contributed by atoms with Gasteiger partial charge in [-0.2, -0.15) is 0 Å². The normalized spacial score (nSPS) is 24.1. The summed E-state index contributed by atoms with van der Waals surface area (Å²) in [5.41, 5.74) is 0.335. The predicted octanol–water partition coefficient (Wildman–Crippen LogP) is 3.05. The van der Waals surface area contributed by atoms with Crippen molar-refractivity contribution < 1.29 is 13.9 Å². The van der Waals surface area contributed by atoms with Gasteiger partial charge in [-0.15, -0.1) is 12.6 Å². The van der Waals surface area contributed by atoms with E-state index in [0.29, 0.717) is 12.2 Å². The molecule has 1 N–H and O–H groups in total. The van der Waals surface area contributed by atoms with Gasteiger partial charge in [-0.05, 0) is 31.5 Å². The summed E-state index contributed by atoms with van der Waals surface area (Å²) in [5.74, 6) is -0.626. The molecule has 1 fully saturated rings. The van der Waals surface area contributed by atoms with Crippen molar-refractivity contribution in [1.29, 1.82) is 0 Å². The fraction of sp³-hybridized carbons (Fsp3) is 0.533. The summed E-state index contributed by atoms with van der Waals surface area (Å²) < 4.78 is 18.8. The minimum atomic E-state index is -0.426. The Morgan fingerprint density at radius 1 is 1.55 bits per heavy atom. The van der Waals surface area contributed by atoms with Gasteiger partial charge in [-0.1, -0.05) is 13.8 Å². The van der Waals surface area contributed by atoms with E-state index >= 15 is 0 Å². The first-order valence-electron chi connectivity index (χ1n) is 6.77. The maximum atomic E-state index is 13.1. The van der Waals surface area contributed by atoms with Crippen LogP contribution in [0.25, 0.3) is 0 Å². The molecule has 5 heteroatoms. The first-order valence-corrected chi connectivity index (χ1v) is 7.22. The molecule has 0 saturated heterocycles. The van der Waals surface area contributed by atoms with E-state index in [1.165, 1.54) is 18.2 Å². The number of benzene rings is 1. The van der Waals surface area contributed by atoms with Gasteiger partial charge in [0.05, 0.1) is 6.10 Å². The van der Waals surface area contributed by atoms with Crippen molar-refractivity contribution in [2.45, 2.75) is 44.2 Å². The van der Waals surface area contributed by atoms with Crippen LogP contribution in [0.1, 0.15) is 37.6 Å². The average molecular weight is 297 g/mol. The fourth-order valence-electron chi connectivity index (χ4n) is 2.51. The molecule has 0 heterocycles. The van der Waals surface area contributed by atoms with Gasteiger partial charge in [-0.25, -0.2) is 4.39 Å². The molecule has 1 amide bonds. The van der Waals surface area contributed by atoms with Crippen molar-refractivity contribution in [2.24, 2.45) is 5.41 Å². The largest absolute Gasteiger partial charge is 0.378 e. The van der Waals surface area contributed by atoms with E-state index in [9.17, 15) is 9.18 Å². The Bertz CT molecular complexity index is 519. The summed E-state index contributed by atoms with van der Waals surface area (Å²) in [4.78, 5) is 12.3. The number of hydrogen-bond donors (Lipinski definition) is 2. The number of carbonyl (C=O) groups is 1. The van der Waals surface area contributed by atoms with Crippen LogP contribution in [0.3, 0.4) is 0 Å². The smallest absolute Gasteiger partial charge is 0.251 e. The number of ether oxygens (including phenoxy) is 1. The van der Waals surface area contributed by atoms with E-state index in [-0.39, 0.29) is 28.4 Å². The Labute approximate surface area is 124 Å². The maximum Gasteiger partial charge on any atom is 0.251 e. The van der Waals surface area contributed by atoms with Crippen LogP contribution in [-0.2, 0) is 4.74 Å². The van der Waals surface area contributed by atoms with Gasteiger partial charge < -0.3 is 10.1 Å². The third kappa shape index (κ3) is 2.83. The third-order valence-corrected chi connectivity index (χ3v) is 4.40. The van der Waals surface area contributed by atoms with Gasteiger partial charge in [0.1, 0.15) is 5.82 Å². The second-order valence-electron chi connectivity index (χ2n) is 5.69. The number of carbonyl (C=O) groups excluding carboxylic acids is 1. The first-order chi connectivity index (χ1) is 9.36. The Morgan fingerprint density at radius 3 is 2.80 bits per heavy atom. The molecule has 110 valence electrons. The Balaban J connectivity index is 2.01.